The molecular formula is C28H43NO4. The summed E-state index contributed by atoms with van der Waals surface area (Å²) in [5, 5.41) is 0.899. The van der Waals surface area contributed by atoms with Crippen LogP contribution in [0.15, 0.2) is 34.6 Å². The van der Waals surface area contributed by atoms with Gasteiger partial charge < -0.3 is 18.8 Å². The topological polar surface area (TPSA) is 49.7 Å². The number of fused-ring (bicyclic) bond motifs is 1. The third-order valence-corrected chi connectivity index (χ3v) is 5.62. The monoisotopic (exact) mass is 457 g/mol. The van der Waals surface area contributed by atoms with E-state index in [4.69, 9.17) is 14.2 Å². The Balaban J connectivity index is 2.57. The molecule has 1 aromatic heterocycles. The van der Waals surface area contributed by atoms with Crippen molar-refractivity contribution in [2.45, 2.75) is 92.5 Å². The predicted octanol–water partition coefficient (Wildman–Crippen LogP) is 7.28. The van der Waals surface area contributed by atoms with Gasteiger partial charge in [-0.05, 0) is 51.3 Å². The number of nitrogens with zero attached hydrogens (tertiary/aromatic N) is 1. The number of rotatable bonds is 16. The Morgan fingerprint density at radius 3 is 2.21 bits per heavy atom. The van der Waals surface area contributed by atoms with Crippen LogP contribution < -0.4 is 19.8 Å². The molecule has 0 unspecified atom stereocenters. The molecule has 2 aromatic rings. The second kappa shape index (κ2) is 14.7. The van der Waals surface area contributed by atoms with Crippen LogP contribution in [0.2, 0.25) is 0 Å². The van der Waals surface area contributed by atoms with E-state index in [1.165, 1.54) is 6.42 Å². The summed E-state index contributed by atoms with van der Waals surface area (Å²) in [4.78, 5) is 13.6. The summed E-state index contributed by atoms with van der Waals surface area (Å²) in [7, 11) is 0. The highest BCUT2D eigenvalue weighted by atomic mass is 16.5. The molecule has 184 valence electrons. The fourth-order valence-electron chi connectivity index (χ4n) is 3.60. The SMILES string of the molecule is CCCCCCn1c(=O)c(OCC=C(C)C)c(OCCCC)c2ccc(OCCCC)cc21. The predicted molar refractivity (Wildman–Crippen MR) is 138 cm³/mol. The van der Waals surface area contributed by atoms with Crippen LogP contribution in [0.1, 0.15) is 86.0 Å². The molecule has 1 aromatic carbocycles. The lowest BCUT2D eigenvalue weighted by atomic mass is 10.1. The van der Waals surface area contributed by atoms with Gasteiger partial charge in [-0.1, -0.05) is 58.4 Å². The average molecular weight is 458 g/mol. The van der Waals surface area contributed by atoms with Gasteiger partial charge in [-0.3, -0.25) is 4.79 Å². The van der Waals surface area contributed by atoms with Crippen LogP contribution in [0.25, 0.3) is 10.9 Å². The molecular weight excluding hydrogens is 414 g/mol. The van der Waals surface area contributed by atoms with Gasteiger partial charge in [0.05, 0.1) is 18.7 Å². The molecule has 0 radical (unpaired) electrons. The summed E-state index contributed by atoms with van der Waals surface area (Å²) in [5.74, 6) is 1.65. The van der Waals surface area contributed by atoms with E-state index >= 15 is 0 Å². The van der Waals surface area contributed by atoms with Gasteiger partial charge in [0, 0.05) is 18.0 Å². The maximum absolute atomic E-state index is 13.6. The fourth-order valence-corrected chi connectivity index (χ4v) is 3.60. The van der Waals surface area contributed by atoms with Crippen LogP contribution in [0, 0.1) is 0 Å². The van der Waals surface area contributed by atoms with Gasteiger partial charge in [0.15, 0.2) is 5.75 Å². The van der Waals surface area contributed by atoms with Crippen molar-refractivity contribution in [3.8, 4) is 17.2 Å². The Bertz CT molecular complexity index is 941. The highest BCUT2D eigenvalue weighted by Crippen LogP contribution is 2.35. The van der Waals surface area contributed by atoms with E-state index in [9.17, 15) is 4.79 Å². The molecule has 0 aliphatic heterocycles. The number of aromatic nitrogens is 1. The van der Waals surface area contributed by atoms with Crippen molar-refractivity contribution in [1.29, 1.82) is 0 Å². The van der Waals surface area contributed by atoms with Crippen molar-refractivity contribution < 1.29 is 14.2 Å². The minimum atomic E-state index is -0.127. The molecule has 0 spiro atoms. The zero-order chi connectivity index (χ0) is 24.1. The van der Waals surface area contributed by atoms with Gasteiger partial charge in [0.25, 0.3) is 5.56 Å². The number of ether oxygens (including phenoxy) is 3. The van der Waals surface area contributed by atoms with Gasteiger partial charge in [0.2, 0.25) is 5.75 Å². The van der Waals surface area contributed by atoms with E-state index in [1.807, 2.05) is 42.7 Å². The lowest BCUT2D eigenvalue weighted by Crippen LogP contribution is -2.24. The molecule has 33 heavy (non-hydrogen) atoms. The first-order valence-corrected chi connectivity index (χ1v) is 12.8. The largest absolute Gasteiger partial charge is 0.494 e. The van der Waals surface area contributed by atoms with Crippen LogP contribution in [0.4, 0.5) is 0 Å². The minimum absolute atomic E-state index is 0.127. The number of benzene rings is 1. The first kappa shape index (κ1) is 26.8. The van der Waals surface area contributed by atoms with Gasteiger partial charge >= 0.3 is 0 Å². The standard InChI is InChI=1S/C28H43NO4/c1-6-9-12-13-17-29-25-21-23(31-18-10-7-2)14-15-24(25)26(32-19-11-8-3)27(28(29)30)33-20-16-22(4)5/h14-16,21H,6-13,17-20H2,1-5H3. The molecule has 0 saturated heterocycles. The summed E-state index contributed by atoms with van der Waals surface area (Å²) < 4.78 is 20.0. The molecule has 0 aliphatic rings. The van der Waals surface area contributed by atoms with E-state index in [1.54, 1.807) is 0 Å². The quantitative estimate of drug-likeness (QED) is 0.196. The van der Waals surface area contributed by atoms with Crippen molar-refractivity contribution in [2.75, 3.05) is 19.8 Å². The number of aryl methyl sites for hydroxylation is 1. The first-order chi connectivity index (χ1) is 16.0. The first-order valence-electron chi connectivity index (χ1n) is 12.8. The summed E-state index contributed by atoms with van der Waals surface area (Å²) in [5.41, 5.74) is 1.88. The van der Waals surface area contributed by atoms with Crippen LogP contribution in [0.3, 0.4) is 0 Å². The fraction of sp³-hybridized carbons (Fsp3) is 0.607. The maximum Gasteiger partial charge on any atom is 0.297 e. The molecule has 0 fully saturated rings. The van der Waals surface area contributed by atoms with E-state index in [2.05, 4.69) is 20.8 Å². The van der Waals surface area contributed by atoms with Crippen molar-refractivity contribution in [2.24, 2.45) is 0 Å². The Morgan fingerprint density at radius 2 is 1.55 bits per heavy atom. The second-order valence-electron chi connectivity index (χ2n) is 8.85. The molecule has 5 nitrogen and oxygen atoms in total. The number of allylic oxidation sites excluding steroid dienone is 1. The van der Waals surface area contributed by atoms with E-state index < -0.39 is 0 Å². The van der Waals surface area contributed by atoms with E-state index in [0.717, 1.165) is 67.2 Å². The third kappa shape index (κ3) is 8.13. The Labute approximate surface area is 199 Å². The molecule has 1 heterocycles. The van der Waals surface area contributed by atoms with E-state index in [-0.39, 0.29) is 5.56 Å². The summed E-state index contributed by atoms with van der Waals surface area (Å²) in [6.45, 7) is 12.7. The summed E-state index contributed by atoms with van der Waals surface area (Å²) in [6, 6.07) is 5.96. The number of unbranched alkanes of at least 4 members (excludes halogenated alkanes) is 5. The highest BCUT2D eigenvalue weighted by Gasteiger charge is 2.20. The van der Waals surface area contributed by atoms with Gasteiger partial charge in [-0.15, -0.1) is 0 Å². The number of pyridine rings is 1. The number of hydrogen-bond acceptors (Lipinski definition) is 4. The molecule has 0 amide bonds. The normalized spacial score (nSPS) is 10.9. The zero-order valence-electron chi connectivity index (χ0n) is 21.4. The third-order valence-electron chi connectivity index (χ3n) is 5.62. The molecule has 5 heteroatoms. The molecule has 2 rings (SSSR count). The van der Waals surface area contributed by atoms with Gasteiger partial charge in [0.1, 0.15) is 12.4 Å². The van der Waals surface area contributed by atoms with Crippen LogP contribution in [-0.2, 0) is 6.54 Å². The Morgan fingerprint density at radius 1 is 0.848 bits per heavy atom. The maximum atomic E-state index is 13.6. The Hall–Kier alpha value is -2.43. The molecule has 0 saturated carbocycles. The van der Waals surface area contributed by atoms with Crippen molar-refractivity contribution in [3.63, 3.8) is 0 Å². The lowest BCUT2D eigenvalue weighted by molar-refractivity contribution is 0.277. The van der Waals surface area contributed by atoms with Gasteiger partial charge in [-0.25, -0.2) is 0 Å². The van der Waals surface area contributed by atoms with Gasteiger partial charge in [-0.2, -0.15) is 0 Å². The number of hydrogen-bond donors (Lipinski definition) is 0. The summed E-state index contributed by atoms with van der Waals surface area (Å²) >= 11 is 0. The van der Waals surface area contributed by atoms with E-state index in [0.29, 0.717) is 37.9 Å². The second-order valence-corrected chi connectivity index (χ2v) is 8.85. The molecule has 0 N–H and O–H groups in total. The molecule has 0 bridgehead atoms. The van der Waals surface area contributed by atoms with Crippen molar-refractivity contribution >= 4 is 10.9 Å². The lowest BCUT2D eigenvalue weighted by Gasteiger charge is -2.19. The van der Waals surface area contributed by atoms with Crippen molar-refractivity contribution in [1.82, 2.24) is 4.57 Å². The molecule has 0 atom stereocenters. The summed E-state index contributed by atoms with van der Waals surface area (Å²) in [6.07, 6.45) is 10.4. The Kier molecular flexibility index (Phi) is 11.9. The smallest absolute Gasteiger partial charge is 0.297 e. The van der Waals surface area contributed by atoms with Crippen LogP contribution >= 0.6 is 0 Å². The highest BCUT2D eigenvalue weighted by molar-refractivity contribution is 5.89. The van der Waals surface area contributed by atoms with Crippen LogP contribution in [-0.4, -0.2) is 24.4 Å². The van der Waals surface area contributed by atoms with Crippen molar-refractivity contribution in [3.05, 3.63) is 40.2 Å². The minimum Gasteiger partial charge on any atom is -0.494 e. The zero-order valence-corrected chi connectivity index (χ0v) is 21.4. The molecule has 0 aliphatic carbocycles. The van der Waals surface area contributed by atoms with Crippen LogP contribution in [0.5, 0.6) is 17.2 Å². The average Bonchev–Trinajstić information content (AvgIpc) is 2.80.